The summed E-state index contributed by atoms with van der Waals surface area (Å²) in [4.78, 5) is 14.5. The maximum Gasteiger partial charge on any atom is 0.225 e. The predicted molar refractivity (Wildman–Crippen MR) is 97.8 cm³/mol. The standard InChI is InChI=1S/C20H26N4O2/c25-12-14-2-1-6-23(10-14)20-21-9-17-18(22-20)8-16-3-4-19(17)24(16)11-15-5-7-26-13-15/h5,7,9,13-14,16,19,25H,1-4,6,8,10-12H2/t14-,16-,19-/m1/s1. The lowest BCUT2D eigenvalue weighted by molar-refractivity contribution is 0.165. The van der Waals surface area contributed by atoms with Crippen LogP contribution in [0.5, 0.6) is 0 Å². The first kappa shape index (κ1) is 16.3. The van der Waals surface area contributed by atoms with Crippen LogP contribution in [0.1, 0.15) is 48.5 Å². The normalized spacial score (nSPS) is 28.3. The molecule has 3 aliphatic heterocycles. The Labute approximate surface area is 153 Å². The van der Waals surface area contributed by atoms with E-state index in [9.17, 15) is 5.11 Å². The molecule has 2 saturated heterocycles. The maximum atomic E-state index is 9.48. The second-order valence-electron chi connectivity index (χ2n) is 7.96. The molecule has 2 fully saturated rings. The van der Waals surface area contributed by atoms with E-state index < -0.39 is 0 Å². The highest BCUT2D eigenvalue weighted by atomic mass is 16.3. The number of nitrogens with zero attached hydrogens (tertiary/aromatic N) is 4. The van der Waals surface area contributed by atoms with Crippen molar-refractivity contribution in [3.05, 3.63) is 41.6 Å². The fourth-order valence-electron chi connectivity index (χ4n) is 4.95. The number of aromatic nitrogens is 2. The van der Waals surface area contributed by atoms with Gasteiger partial charge in [-0.15, -0.1) is 0 Å². The molecule has 0 aromatic carbocycles. The lowest BCUT2D eigenvalue weighted by Gasteiger charge is -2.36. The molecule has 2 aromatic heterocycles. The van der Waals surface area contributed by atoms with E-state index in [-0.39, 0.29) is 6.61 Å². The highest BCUT2D eigenvalue weighted by Gasteiger charge is 2.41. The van der Waals surface area contributed by atoms with E-state index in [1.54, 1.807) is 6.26 Å². The van der Waals surface area contributed by atoms with Crippen molar-refractivity contribution in [1.29, 1.82) is 0 Å². The van der Waals surface area contributed by atoms with E-state index in [2.05, 4.69) is 22.1 Å². The van der Waals surface area contributed by atoms with E-state index in [1.165, 1.54) is 29.7 Å². The van der Waals surface area contributed by atoms with Crippen molar-refractivity contribution < 1.29 is 9.52 Å². The predicted octanol–water partition coefficient (Wildman–Crippen LogP) is 2.54. The van der Waals surface area contributed by atoms with E-state index in [4.69, 9.17) is 14.4 Å². The lowest BCUT2D eigenvalue weighted by Crippen LogP contribution is -2.40. The van der Waals surface area contributed by atoms with Crippen molar-refractivity contribution in [2.45, 2.75) is 50.7 Å². The molecule has 0 amide bonds. The highest BCUT2D eigenvalue weighted by Crippen LogP contribution is 2.44. The second-order valence-corrected chi connectivity index (χ2v) is 7.96. The molecular weight excluding hydrogens is 328 g/mol. The van der Waals surface area contributed by atoms with Gasteiger partial charge in [-0.2, -0.15) is 0 Å². The SMILES string of the molecule is OC[C@@H]1CCCN(c2ncc3c(n2)C[C@H]2CC[C@H]3N2Cc2ccoc2)C1. The van der Waals surface area contributed by atoms with Gasteiger partial charge in [-0.05, 0) is 37.7 Å². The summed E-state index contributed by atoms with van der Waals surface area (Å²) in [6.07, 6.45) is 11.3. The minimum Gasteiger partial charge on any atom is -0.472 e. The maximum absolute atomic E-state index is 9.48. The Morgan fingerprint density at radius 1 is 1.27 bits per heavy atom. The largest absolute Gasteiger partial charge is 0.472 e. The van der Waals surface area contributed by atoms with Gasteiger partial charge in [0, 0.05) is 62.1 Å². The molecule has 0 saturated carbocycles. The molecule has 5 rings (SSSR count). The van der Waals surface area contributed by atoms with E-state index >= 15 is 0 Å². The molecule has 26 heavy (non-hydrogen) atoms. The zero-order chi connectivity index (χ0) is 17.5. The van der Waals surface area contributed by atoms with Crippen LogP contribution in [0.25, 0.3) is 0 Å². The molecule has 2 bridgehead atoms. The number of aliphatic hydroxyl groups excluding tert-OH is 1. The van der Waals surface area contributed by atoms with Crippen LogP contribution in [-0.4, -0.2) is 45.7 Å². The first-order valence-corrected chi connectivity index (χ1v) is 9.80. The van der Waals surface area contributed by atoms with Crippen LogP contribution in [0.3, 0.4) is 0 Å². The van der Waals surface area contributed by atoms with E-state index in [0.29, 0.717) is 18.0 Å². The molecule has 0 spiro atoms. The van der Waals surface area contributed by atoms with Gasteiger partial charge in [0.15, 0.2) is 0 Å². The Balaban J connectivity index is 1.38. The number of anilines is 1. The van der Waals surface area contributed by atoms with Crippen molar-refractivity contribution in [2.75, 3.05) is 24.6 Å². The Bertz CT molecular complexity index is 763. The number of fused-ring (bicyclic) bond motifs is 4. The quantitative estimate of drug-likeness (QED) is 0.910. The first-order chi connectivity index (χ1) is 12.8. The van der Waals surface area contributed by atoms with Gasteiger partial charge in [-0.3, -0.25) is 4.90 Å². The van der Waals surface area contributed by atoms with Crippen LogP contribution in [0, 0.1) is 5.92 Å². The Morgan fingerprint density at radius 2 is 2.23 bits per heavy atom. The van der Waals surface area contributed by atoms with Gasteiger partial charge in [0.2, 0.25) is 5.95 Å². The molecule has 0 unspecified atom stereocenters. The van der Waals surface area contributed by atoms with Gasteiger partial charge in [-0.1, -0.05) is 0 Å². The van der Waals surface area contributed by atoms with Crippen molar-refractivity contribution in [3.8, 4) is 0 Å². The Hall–Kier alpha value is -1.92. The molecule has 6 heteroatoms. The van der Waals surface area contributed by atoms with Gasteiger partial charge in [0.05, 0.1) is 18.2 Å². The summed E-state index contributed by atoms with van der Waals surface area (Å²) in [5.74, 6) is 1.20. The number of furan rings is 1. The molecule has 2 aromatic rings. The number of hydrogen-bond acceptors (Lipinski definition) is 6. The number of piperidine rings is 1. The minimum absolute atomic E-state index is 0.258. The molecule has 138 valence electrons. The van der Waals surface area contributed by atoms with Gasteiger partial charge in [0.1, 0.15) is 0 Å². The number of rotatable bonds is 4. The van der Waals surface area contributed by atoms with Crippen LogP contribution in [0.2, 0.25) is 0 Å². The van der Waals surface area contributed by atoms with Crippen LogP contribution < -0.4 is 4.90 Å². The molecule has 3 atom stereocenters. The zero-order valence-electron chi connectivity index (χ0n) is 15.0. The Kier molecular flexibility index (Phi) is 4.17. The number of aliphatic hydroxyl groups is 1. The fourth-order valence-corrected chi connectivity index (χ4v) is 4.95. The fraction of sp³-hybridized carbons (Fsp3) is 0.600. The summed E-state index contributed by atoms with van der Waals surface area (Å²) in [7, 11) is 0. The third kappa shape index (κ3) is 2.81. The first-order valence-electron chi connectivity index (χ1n) is 9.80. The van der Waals surface area contributed by atoms with Crippen LogP contribution in [0.4, 0.5) is 5.95 Å². The van der Waals surface area contributed by atoms with Crippen LogP contribution in [-0.2, 0) is 13.0 Å². The molecular formula is C20H26N4O2. The van der Waals surface area contributed by atoms with Gasteiger partial charge in [-0.25, -0.2) is 9.97 Å². The average Bonchev–Trinajstić information content (AvgIpc) is 3.29. The molecule has 6 nitrogen and oxygen atoms in total. The lowest BCUT2D eigenvalue weighted by atomic mass is 9.98. The Morgan fingerprint density at radius 3 is 3.08 bits per heavy atom. The summed E-state index contributed by atoms with van der Waals surface area (Å²) >= 11 is 0. The van der Waals surface area contributed by atoms with Gasteiger partial charge < -0.3 is 14.4 Å². The van der Waals surface area contributed by atoms with Crippen molar-refractivity contribution in [3.63, 3.8) is 0 Å². The van der Waals surface area contributed by atoms with E-state index in [0.717, 1.165) is 44.8 Å². The molecule has 3 aliphatic rings. The zero-order valence-corrected chi connectivity index (χ0v) is 15.0. The minimum atomic E-state index is 0.258. The molecule has 0 radical (unpaired) electrons. The summed E-state index contributed by atoms with van der Waals surface area (Å²) < 4.78 is 5.24. The topological polar surface area (TPSA) is 65.6 Å². The summed E-state index contributed by atoms with van der Waals surface area (Å²) in [5, 5.41) is 9.48. The van der Waals surface area contributed by atoms with Crippen molar-refractivity contribution in [1.82, 2.24) is 14.9 Å². The van der Waals surface area contributed by atoms with Crippen molar-refractivity contribution in [2.24, 2.45) is 5.92 Å². The van der Waals surface area contributed by atoms with Crippen LogP contribution in [0.15, 0.2) is 29.2 Å². The molecule has 5 heterocycles. The third-order valence-electron chi connectivity index (χ3n) is 6.32. The summed E-state index contributed by atoms with van der Waals surface area (Å²) in [6.45, 7) is 3.06. The van der Waals surface area contributed by atoms with Gasteiger partial charge >= 0.3 is 0 Å². The monoisotopic (exact) mass is 354 g/mol. The second kappa shape index (κ2) is 6.67. The number of hydrogen-bond donors (Lipinski definition) is 1. The van der Waals surface area contributed by atoms with Crippen LogP contribution >= 0.6 is 0 Å². The molecule has 1 N–H and O–H groups in total. The average molecular weight is 354 g/mol. The smallest absolute Gasteiger partial charge is 0.225 e. The highest BCUT2D eigenvalue weighted by molar-refractivity contribution is 5.37. The van der Waals surface area contributed by atoms with Crippen molar-refractivity contribution >= 4 is 5.95 Å². The van der Waals surface area contributed by atoms with E-state index in [1.807, 2.05) is 6.26 Å². The molecule has 0 aliphatic carbocycles. The summed E-state index contributed by atoms with van der Waals surface area (Å²) in [5.41, 5.74) is 3.78. The van der Waals surface area contributed by atoms with Gasteiger partial charge in [0.25, 0.3) is 0 Å². The third-order valence-corrected chi connectivity index (χ3v) is 6.32. The summed E-state index contributed by atoms with van der Waals surface area (Å²) in [6, 6.07) is 3.05.